The largest absolute Gasteiger partial charge is 0.492 e. The average Bonchev–Trinajstić information content (AvgIpc) is 2.66. The summed E-state index contributed by atoms with van der Waals surface area (Å²) in [5.41, 5.74) is 3.82. The predicted octanol–water partition coefficient (Wildman–Crippen LogP) is 3.35. The molecule has 1 amide bonds. The molecule has 29 heavy (non-hydrogen) atoms. The van der Waals surface area contributed by atoms with E-state index in [0.717, 1.165) is 23.1 Å². The van der Waals surface area contributed by atoms with Crippen LogP contribution in [0.1, 0.15) is 30.0 Å². The number of anilines is 1. The molecule has 2 aromatic carbocycles. The maximum Gasteiger partial charge on any atom is 0.244 e. The normalized spacial score (nSPS) is 12.3. The minimum Gasteiger partial charge on any atom is -0.492 e. The molecule has 0 saturated heterocycles. The summed E-state index contributed by atoms with van der Waals surface area (Å²) in [6, 6.07) is 12.1. The monoisotopic (exact) mass is 418 g/mol. The summed E-state index contributed by atoms with van der Waals surface area (Å²) in [5, 5.41) is 2.79. The molecular weight excluding hydrogens is 388 g/mol. The molecule has 1 N–H and O–H groups in total. The van der Waals surface area contributed by atoms with E-state index >= 15 is 0 Å². The first-order chi connectivity index (χ1) is 13.6. The van der Waals surface area contributed by atoms with E-state index in [2.05, 4.69) is 5.32 Å². The van der Waals surface area contributed by atoms with Crippen LogP contribution in [0.5, 0.6) is 5.75 Å². The summed E-state index contributed by atoms with van der Waals surface area (Å²) in [4.78, 5) is 12.7. The van der Waals surface area contributed by atoms with Crippen molar-refractivity contribution in [1.29, 1.82) is 0 Å². The summed E-state index contributed by atoms with van der Waals surface area (Å²) >= 11 is 0. The summed E-state index contributed by atoms with van der Waals surface area (Å²) in [6.07, 6.45) is 1.47. The van der Waals surface area contributed by atoms with Crippen molar-refractivity contribution in [3.05, 3.63) is 59.2 Å². The molecule has 1 atom stereocenters. The van der Waals surface area contributed by atoms with E-state index in [1.807, 2.05) is 51.1 Å². The number of hydrogen-bond donors (Lipinski definition) is 1. The fourth-order valence-corrected chi connectivity index (χ4v) is 4.23. The van der Waals surface area contributed by atoms with Gasteiger partial charge >= 0.3 is 0 Å². The topological polar surface area (TPSA) is 75.7 Å². The zero-order valence-corrected chi connectivity index (χ0v) is 18.5. The van der Waals surface area contributed by atoms with E-state index in [1.165, 1.54) is 9.87 Å². The first-order valence-corrected chi connectivity index (χ1v) is 11.5. The molecule has 0 aromatic heterocycles. The van der Waals surface area contributed by atoms with Crippen LogP contribution < -0.4 is 14.4 Å². The Bertz CT molecular complexity index is 940. The summed E-state index contributed by atoms with van der Waals surface area (Å²) in [7, 11) is -3.63. The van der Waals surface area contributed by atoms with Crippen LogP contribution in [0.4, 0.5) is 5.69 Å². The number of sulfonamides is 1. The van der Waals surface area contributed by atoms with Gasteiger partial charge in [-0.1, -0.05) is 30.7 Å². The molecule has 1 unspecified atom stereocenters. The van der Waals surface area contributed by atoms with Gasteiger partial charge in [-0.2, -0.15) is 0 Å². The molecule has 0 bridgehead atoms. The number of benzene rings is 2. The number of rotatable bonds is 9. The van der Waals surface area contributed by atoms with Gasteiger partial charge < -0.3 is 10.1 Å². The average molecular weight is 419 g/mol. The number of ether oxygens (including phenoxy) is 1. The molecule has 158 valence electrons. The number of nitrogens with one attached hydrogen (secondary N) is 1. The molecule has 0 radical (unpaired) electrons. The van der Waals surface area contributed by atoms with Crippen molar-refractivity contribution in [3.63, 3.8) is 0 Å². The summed E-state index contributed by atoms with van der Waals surface area (Å²) in [6.45, 7) is 8.35. The van der Waals surface area contributed by atoms with E-state index in [4.69, 9.17) is 4.74 Å². The first-order valence-electron chi connectivity index (χ1n) is 9.67. The summed E-state index contributed by atoms with van der Waals surface area (Å²) < 4.78 is 31.7. The SMILES string of the molecule is CCC(C(=O)NCCOc1ccc(C)c(C)c1)N(c1ccc(C)cc1)S(C)(=O)=O. The Labute approximate surface area is 173 Å². The second kappa shape index (κ2) is 9.78. The van der Waals surface area contributed by atoms with Gasteiger partial charge in [-0.05, 0) is 62.6 Å². The number of nitrogens with zero attached hydrogens (tertiary/aromatic N) is 1. The van der Waals surface area contributed by atoms with Crippen molar-refractivity contribution in [2.75, 3.05) is 23.7 Å². The van der Waals surface area contributed by atoms with Gasteiger partial charge in [-0.25, -0.2) is 8.42 Å². The van der Waals surface area contributed by atoms with Gasteiger partial charge in [0.15, 0.2) is 0 Å². The van der Waals surface area contributed by atoms with Gasteiger partial charge in [-0.3, -0.25) is 9.10 Å². The minimum atomic E-state index is -3.63. The molecule has 0 spiro atoms. The molecular formula is C22H30N2O4S. The lowest BCUT2D eigenvalue weighted by Crippen LogP contribution is -2.50. The van der Waals surface area contributed by atoms with Crippen LogP contribution >= 0.6 is 0 Å². The van der Waals surface area contributed by atoms with Crippen LogP contribution in [-0.2, 0) is 14.8 Å². The van der Waals surface area contributed by atoms with Crippen molar-refractivity contribution < 1.29 is 17.9 Å². The molecule has 0 saturated carbocycles. The van der Waals surface area contributed by atoms with Crippen LogP contribution in [0.25, 0.3) is 0 Å². The van der Waals surface area contributed by atoms with Crippen LogP contribution in [0.2, 0.25) is 0 Å². The number of hydrogen-bond acceptors (Lipinski definition) is 4. The highest BCUT2D eigenvalue weighted by Crippen LogP contribution is 2.23. The Morgan fingerprint density at radius 2 is 1.72 bits per heavy atom. The molecule has 7 heteroatoms. The fourth-order valence-electron chi connectivity index (χ4n) is 3.02. The molecule has 0 heterocycles. The van der Waals surface area contributed by atoms with Crippen molar-refractivity contribution in [1.82, 2.24) is 5.32 Å². The van der Waals surface area contributed by atoms with E-state index in [0.29, 0.717) is 18.7 Å². The molecule has 0 aliphatic rings. The minimum absolute atomic E-state index is 0.285. The van der Waals surface area contributed by atoms with Crippen molar-refractivity contribution >= 4 is 21.6 Å². The predicted molar refractivity (Wildman–Crippen MR) is 117 cm³/mol. The van der Waals surface area contributed by atoms with Crippen LogP contribution in [-0.4, -0.2) is 39.8 Å². The van der Waals surface area contributed by atoms with Gasteiger partial charge in [0.25, 0.3) is 0 Å². The van der Waals surface area contributed by atoms with Crippen molar-refractivity contribution in [2.45, 2.75) is 40.2 Å². The van der Waals surface area contributed by atoms with Gasteiger partial charge in [0.2, 0.25) is 15.9 Å². The van der Waals surface area contributed by atoms with Crippen LogP contribution in [0.15, 0.2) is 42.5 Å². The molecule has 2 rings (SSSR count). The van der Waals surface area contributed by atoms with Crippen LogP contribution in [0.3, 0.4) is 0 Å². The quantitative estimate of drug-likeness (QED) is 0.634. The highest BCUT2D eigenvalue weighted by atomic mass is 32.2. The zero-order chi connectivity index (χ0) is 21.6. The molecule has 2 aromatic rings. The van der Waals surface area contributed by atoms with Gasteiger partial charge in [0.05, 0.1) is 18.5 Å². The third-order valence-corrected chi connectivity index (χ3v) is 5.95. The first kappa shape index (κ1) is 22.7. The maximum absolute atomic E-state index is 12.7. The molecule has 0 aliphatic carbocycles. The number of aryl methyl sites for hydroxylation is 3. The number of carbonyl (C=O) groups excluding carboxylic acids is 1. The number of carbonyl (C=O) groups is 1. The van der Waals surface area contributed by atoms with Crippen molar-refractivity contribution in [3.8, 4) is 5.75 Å². The van der Waals surface area contributed by atoms with Crippen LogP contribution in [0, 0.1) is 20.8 Å². The Morgan fingerprint density at radius 3 is 2.28 bits per heavy atom. The molecule has 0 fully saturated rings. The number of amides is 1. The van der Waals surface area contributed by atoms with Gasteiger partial charge in [0.1, 0.15) is 18.4 Å². The lowest BCUT2D eigenvalue weighted by Gasteiger charge is -2.30. The Hall–Kier alpha value is -2.54. The lowest BCUT2D eigenvalue weighted by molar-refractivity contribution is -0.122. The van der Waals surface area contributed by atoms with E-state index in [9.17, 15) is 13.2 Å². The summed E-state index contributed by atoms with van der Waals surface area (Å²) in [5.74, 6) is 0.397. The van der Waals surface area contributed by atoms with Gasteiger partial charge in [-0.15, -0.1) is 0 Å². The maximum atomic E-state index is 12.7. The van der Waals surface area contributed by atoms with E-state index in [-0.39, 0.29) is 12.5 Å². The lowest BCUT2D eigenvalue weighted by atomic mass is 10.1. The molecule has 0 aliphatic heterocycles. The Morgan fingerprint density at radius 1 is 1.07 bits per heavy atom. The standard InChI is InChI=1S/C22H30N2O4S/c1-6-21(24(29(5,26)27)19-10-7-16(2)8-11-19)22(25)23-13-14-28-20-12-9-17(3)18(4)15-20/h7-12,15,21H,6,13-14H2,1-5H3,(H,23,25). The Balaban J connectivity index is 2.03. The third-order valence-electron chi connectivity index (χ3n) is 4.77. The van der Waals surface area contributed by atoms with Crippen molar-refractivity contribution in [2.24, 2.45) is 0 Å². The second-order valence-corrected chi connectivity index (χ2v) is 9.06. The highest BCUT2D eigenvalue weighted by Gasteiger charge is 2.31. The van der Waals surface area contributed by atoms with E-state index in [1.54, 1.807) is 19.1 Å². The highest BCUT2D eigenvalue weighted by molar-refractivity contribution is 7.92. The Kier molecular flexibility index (Phi) is 7.67. The third kappa shape index (κ3) is 6.22. The van der Waals surface area contributed by atoms with Gasteiger partial charge in [0, 0.05) is 0 Å². The zero-order valence-electron chi connectivity index (χ0n) is 17.7. The van der Waals surface area contributed by atoms with E-state index < -0.39 is 16.1 Å². The second-order valence-electron chi connectivity index (χ2n) is 7.20. The molecule has 6 nitrogen and oxygen atoms in total. The fraction of sp³-hybridized carbons (Fsp3) is 0.409. The smallest absolute Gasteiger partial charge is 0.244 e.